The first-order valence-electron chi connectivity index (χ1n) is 3.91. The van der Waals surface area contributed by atoms with Crippen LogP contribution in [0.3, 0.4) is 0 Å². The maximum absolute atomic E-state index is 2.26. The summed E-state index contributed by atoms with van der Waals surface area (Å²) in [5.41, 5.74) is 0. The summed E-state index contributed by atoms with van der Waals surface area (Å²) >= 11 is 0. The van der Waals surface area contributed by atoms with Crippen LogP contribution in [-0.4, -0.2) is 0 Å². The topological polar surface area (TPSA) is 0 Å². The molecule has 0 aromatic heterocycles. The lowest BCUT2D eigenvalue weighted by Gasteiger charge is -1.93. The van der Waals surface area contributed by atoms with E-state index in [2.05, 4.69) is 13.8 Å². The van der Waals surface area contributed by atoms with Crippen molar-refractivity contribution in [2.45, 2.75) is 52.4 Å². The molecule has 0 spiro atoms. The Kier molecular flexibility index (Phi) is 15.2. The first-order valence-corrected chi connectivity index (χ1v) is 3.91. The monoisotopic (exact) mass is 145 g/mol. The van der Waals surface area contributed by atoms with E-state index in [0.717, 1.165) is 0 Å². The Morgan fingerprint density at radius 2 is 1.00 bits per heavy atom. The van der Waals surface area contributed by atoms with Gasteiger partial charge in [-0.25, -0.2) is 0 Å². The second-order valence-corrected chi connectivity index (χ2v) is 2.41. The third-order valence-corrected chi connectivity index (χ3v) is 1.46. The molecule has 0 aliphatic carbocycles. The average Bonchev–Trinajstić information content (AvgIpc) is 1.81. The Morgan fingerprint density at radius 3 is 1.22 bits per heavy atom. The lowest BCUT2D eigenvalue weighted by molar-refractivity contribution is 0.624. The van der Waals surface area contributed by atoms with Gasteiger partial charge in [0, 0.05) is 9.90 Å². The van der Waals surface area contributed by atoms with Gasteiger partial charge in [0.15, 0.2) is 0 Å². The Labute approximate surface area is 63.0 Å². The quantitative estimate of drug-likeness (QED) is 0.401. The molecule has 0 fully saturated rings. The highest BCUT2D eigenvalue weighted by Crippen LogP contribution is 2.03. The summed E-state index contributed by atoms with van der Waals surface area (Å²) in [4.78, 5) is 0. The fraction of sp³-hybridized carbons (Fsp3) is 1.00. The van der Waals surface area contributed by atoms with Crippen LogP contribution in [0, 0.1) is 0 Å². The minimum atomic E-state index is 0. The highest BCUT2D eigenvalue weighted by atomic mass is 31.0. The van der Waals surface area contributed by atoms with Crippen LogP contribution in [-0.2, 0) is 0 Å². The van der Waals surface area contributed by atoms with E-state index < -0.39 is 0 Å². The molecule has 0 bridgehead atoms. The molecular weight excluding hydrogens is 127 g/mol. The van der Waals surface area contributed by atoms with Crippen molar-refractivity contribution in [1.82, 2.24) is 0 Å². The molecule has 0 unspecified atom stereocenters. The Hall–Kier alpha value is 0.430. The Balaban J connectivity index is 0. The van der Waals surface area contributed by atoms with Crippen LogP contribution in [0.1, 0.15) is 52.4 Å². The molecule has 0 saturated heterocycles. The number of unbranched alkanes of at least 4 members (excludes halogenated alkanes) is 5. The van der Waals surface area contributed by atoms with Gasteiger partial charge in [-0.2, -0.15) is 0 Å². The van der Waals surface area contributed by atoms with Crippen molar-refractivity contribution in [2.75, 3.05) is 0 Å². The zero-order chi connectivity index (χ0) is 6.24. The summed E-state index contributed by atoms with van der Waals surface area (Å²) in [6.07, 6.45) is 8.49. The van der Waals surface area contributed by atoms with Gasteiger partial charge in [-0.3, -0.25) is 0 Å². The van der Waals surface area contributed by atoms with E-state index in [-0.39, 0.29) is 9.90 Å². The van der Waals surface area contributed by atoms with Gasteiger partial charge in [0.2, 0.25) is 0 Å². The van der Waals surface area contributed by atoms with Crippen molar-refractivity contribution in [3.63, 3.8) is 0 Å². The molecule has 0 aromatic carbocycles. The Morgan fingerprint density at radius 1 is 0.667 bits per heavy atom. The molecule has 0 heterocycles. The maximum Gasteiger partial charge on any atom is 0 e. The summed E-state index contributed by atoms with van der Waals surface area (Å²) in [5.74, 6) is 0. The second kappa shape index (κ2) is 11.3. The van der Waals surface area contributed by atoms with Crippen LogP contribution >= 0.6 is 9.90 Å². The third-order valence-electron chi connectivity index (χ3n) is 1.46. The molecule has 0 atom stereocenters. The van der Waals surface area contributed by atoms with Crippen LogP contribution in [0.5, 0.6) is 0 Å². The molecule has 0 saturated carbocycles. The smallest absolute Gasteiger partial charge is 0 e. The number of rotatable bonds is 5. The minimum absolute atomic E-state index is 0. The molecule has 55 valence electrons. The first-order chi connectivity index (χ1) is 3.91. The molecule has 0 aromatic rings. The molecule has 0 amide bonds. The number of hydrogen-bond donors (Lipinski definition) is 0. The van der Waals surface area contributed by atoms with E-state index in [1.165, 1.54) is 38.5 Å². The molecule has 0 aliphatic heterocycles. The van der Waals surface area contributed by atoms with E-state index >= 15 is 0 Å². The van der Waals surface area contributed by atoms with Crippen molar-refractivity contribution in [2.24, 2.45) is 0 Å². The van der Waals surface area contributed by atoms with Crippen LogP contribution in [0.2, 0.25) is 0 Å². The summed E-state index contributed by atoms with van der Waals surface area (Å²) in [5, 5.41) is 0. The van der Waals surface area contributed by atoms with Gasteiger partial charge in [-0.05, 0) is 0 Å². The van der Waals surface area contributed by atoms with E-state index in [9.17, 15) is 0 Å². The second-order valence-electron chi connectivity index (χ2n) is 2.41. The Bertz CT molecular complexity index is 29.5. The molecule has 0 nitrogen and oxygen atoms in total. The summed E-state index contributed by atoms with van der Waals surface area (Å²) in [6.45, 7) is 4.51. The standard InChI is InChI=1S/C8H18.P/c1-3-5-7-8-6-4-2;/h3-8H2,1-2H3;. The van der Waals surface area contributed by atoms with Gasteiger partial charge in [0.25, 0.3) is 0 Å². The predicted molar refractivity (Wildman–Crippen MR) is 46.0 cm³/mol. The van der Waals surface area contributed by atoms with Crippen molar-refractivity contribution in [3.8, 4) is 0 Å². The van der Waals surface area contributed by atoms with Crippen molar-refractivity contribution in [3.05, 3.63) is 0 Å². The van der Waals surface area contributed by atoms with Crippen LogP contribution in [0.15, 0.2) is 0 Å². The highest BCUT2D eigenvalue weighted by molar-refractivity contribution is 6.92. The molecule has 0 aliphatic rings. The van der Waals surface area contributed by atoms with E-state index in [1.807, 2.05) is 0 Å². The molecule has 9 heavy (non-hydrogen) atoms. The predicted octanol–water partition coefficient (Wildman–Crippen LogP) is 4.23. The lowest BCUT2D eigenvalue weighted by Crippen LogP contribution is -1.73. The van der Waals surface area contributed by atoms with E-state index in [0.29, 0.717) is 0 Å². The minimum Gasteiger partial charge on any atom is -0.0654 e. The van der Waals surface area contributed by atoms with Gasteiger partial charge in [0.1, 0.15) is 0 Å². The lowest BCUT2D eigenvalue weighted by atomic mass is 10.1. The van der Waals surface area contributed by atoms with Gasteiger partial charge in [-0.15, -0.1) is 0 Å². The fourth-order valence-corrected chi connectivity index (χ4v) is 0.854. The zero-order valence-electron chi connectivity index (χ0n) is 6.69. The van der Waals surface area contributed by atoms with Crippen molar-refractivity contribution in [1.29, 1.82) is 0 Å². The molecular formula is C8H18P. The van der Waals surface area contributed by atoms with Gasteiger partial charge >= 0.3 is 0 Å². The van der Waals surface area contributed by atoms with Crippen molar-refractivity contribution < 1.29 is 0 Å². The van der Waals surface area contributed by atoms with Crippen LogP contribution in [0.25, 0.3) is 0 Å². The van der Waals surface area contributed by atoms with Gasteiger partial charge in [0.05, 0.1) is 0 Å². The molecule has 1 heteroatoms. The van der Waals surface area contributed by atoms with Gasteiger partial charge in [-0.1, -0.05) is 52.4 Å². The normalized spacial score (nSPS) is 8.67. The summed E-state index contributed by atoms with van der Waals surface area (Å²) in [6, 6.07) is 0. The van der Waals surface area contributed by atoms with Crippen LogP contribution in [0.4, 0.5) is 0 Å². The van der Waals surface area contributed by atoms with Crippen LogP contribution < -0.4 is 0 Å². The number of hydrogen-bond acceptors (Lipinski definition) is 0. The van der Waals surface area contributed by atoms with E-state index in [4.69, 9.17) is 0 Å². The highest BCUT2D eigenvalue weighted by Gasteiger charge is 1.83. The fourth-order valence-electron chi connectivity index (χ4n) is 0.854. The summed E-state index contributed by atoms with van der Waals surface area (Å²) < 4.78 is 0. The molecule has 3 radical (unpaired) electrons. The average molecular weight is 145 g/mol. The van der Waals surface area contributed by atoms with E-state index in [1.54, 1.807) is 0 Å². The molecule has 0 rings (SSSR count). The molecule has 0 N–H and O–H groups in total. The van der Waals surface area contributed by atoms with Crippen molar-refractivity contribution >= 4 is 9.90 Å². The first kappa shape index (κ1) is 12.1. The SMILES string of the molecule is CCCCCCCC.[P]. The third kappa shape index (κ3) is 11.8. The summed E-state index contributed by atoms with van der Waals surface area (Å²) in [7, 11) is 0. The van der Waals surface area contributed by atoms with Gasteiger partial charge < -0.3 is 0 Å². The zero-order valence-corrected chi connectivity index (χ0v) is 7.58. The largest absolute Gasteiger partial charge is 0.0654 e. The maximum atomic E-state index is 2.26.